The summed E-state index contributed by atoms with van der Waals surface area (Å²) in [4.78, 5) is 11.8. The van der Waals surface area contributed by atoms with Crippen molar-refractivity contribution in [3.63, 3.8) is 0 Å². The van der Waals surface area contributed by atoms with E-state index in [-0.39, 0.29) is 0 Å². The maximum absolute atomic E-state index is 13.2. The van der Waals surface area contributed by atoms with Crippen LogP contribution in [0.3, 0.4) is 0 Å². The Morgan fingerprint density at radius 3 is 2.59 bits per heavy atom. The van der Waals surface area contributed by atoms with Gasteiger partial charge in [-0.3, -0.25) is 4.39 Å². The van der Waals surface area contributed by atoms with E-state index in [1.54, 1.807) is 0 Å². The van der Waals surface area contributed by atoms with E-state index in [9.17, 15) is 9.18 Å². The van der Waals surface area contributed by atoms with Gasteiger partial charge in [-0.1, -0.05) is 0 Å². The lowest BCUT2D eigenvalue weighted by Gasteiger charge is -2.53. The highest BCUT2D eigenvalue weighted by Gasteiger charge is 2.63. The predicted molar refractivity (Wildman–Crippen MR) is 62.6 cm³/mol. The number of alkyl halides is 1. The van der Waals surface area contributed by atoms with E-state index in [0.717, 1.165) is 12.8 Å². The number of rotatable bonds is 2. The molecule has 0 aromatic carbocycles. The lowest BCUT2D eigenvalue weighted by atomic mass is 9.57. The van der Waals surface area contributed by atoms with Crippen LogP contribution < -0.4 is 10.6 Å². The molecule has 2 aliphatic rings. The van der Waals surface area contributed by atoms with Gasteiger partial charge < -0.3 is 15.4 Å². The molecule has 4 nitrogen and oxygen atoms in total. The lowest BCUT2D eigenvalue weighted by molar-refractivity contribution is -0.0180. The molecule has 0 radical (unpaired) electrons. The van der Waals surface area contributed by atoms with E-state index < -0.39 is 29.3 Å². The van der Waals surface area contributed by atoms with Crippen LogP contribution in [0.1, 0.15) is 33.6 Å². The quantitative estimate of drug-likeness (QED) is 0.775. The van der Waals surface area contributed by atoms with Gasteiger partial charge in [-0.05, 0) is 33.6 Å². The smallest absolute Gasteiger partial charge is 0.408 e. The number of amides is 1. The van der Waals surface area contributed by atoms with Gasteiger partial charge in [-0.2, -0.15) is 0 Å². The van der Waals surface area contributed by atoms with Crippen molar-refractivity contribution in [2.45, 2.75) is 44.8 Å². The van der Waals surface area contributed by atoms with Crippen molar-refractivity contribution < 1.29 is 13.9 Å². The van der Waals surface area contributed by atoms with Crippen molar-refractivity contribution in [2.75, 3.05) is 19.8 Å². The highest BCUT2D eigenvalue weighted by Crippen LogP contribution is 2.52. The Bertz CT molecular complexity index is 325. The third-order valence-corrected chi connectivity index (χ3v) is 3.93. The summed E-state index contributed by atoms with van der Waals surface area (Å²) in [5, 5.41) is 6.05. The summed E-state index contributed by atoms with van der Waals surface area (Å²) in [5.74, 6) is 0. The zero-order valence-corrected chi connectivity index (χ0v) is 10.7. The van der Waals surface area contributed by atoms with Gasteiger partial charge >= 0.3 is 6.09 Å². The third kappa shape index (κ3) is 2.01. The number of hydrogen-bond donors (Lipinski definition) is 2. The van der Waals surface area contributed by atoms with Crippen molar-refractivity contribution in [2.24, 2.45) is 5.41 Å². The Morgan fingerprint density at radius 1 is 1.41 bits per heavy atom. The second-order valence-electron chi connectivity index (χ2n) is 6.23. The molecule has 2 fully saturated rings. The summed E-state index contributed by atoms with van der Waals surface area (Å²) >= 11 is 0. The highest BCUT2D eigenvalue weighted by molar-refractivity contribution is 5.69. The summed E-state index contributed by atoms with van der Waals surface area (Å²) < 4.78 is 18.4. The van der Waals surface area contributed by atoms with Crippen LogP contribution in [0.25, 0.3) is 0 Å². The first-order valence-electron chi connectivity index (χ1n) is 6.10. The standard InChI is InChI=1S/C12H21FN2O2/c1-10(2,3)17-9(16)15-12-5-4-11(12,6-13)7-14-8-12/h14H,4-8H2,1-3H3,(H,15,16)/t11-,12+/m0/s1. The third-order valence-electron chi connectivity index (χ3n) is 3.93. The van der Waals surface area contributed by atoms with Gasteiger partial charge in [0.05, 0.1) is 12.2 Å². The van der Waals surface area contributed by atoms with Gasteiger partial charge in [-0.15, -0.1) is 0 Å². The molecule has 0 unspecified atom stereocenters. The number of fused-ring (bicyclic) bond motifs is 1. The highest BCUT2D eigenvalue weighted by atomic mass is 19.1. The van der Waals surface area contributed by atoms with Gasteiger partial charge in [0.15, 0.2) is 0 Å². The molecule has 98 valence electrons. The number of halogens is 1. The molecule has 1 aliphatic carbocycles. The Labute approximate surface area is 101 Å². The largest absolute Gasteiger partial charge is 0.444 e. The van der Waals surface area contributed by atoms with Crippen LogP contribution in [0.15, 0.2) is 0 Å². The zero-order valence-electron chi connectivity index (χ0n) is 10.7. The van der Waals surface area contributed by atoms with Gasteiger partial charge in [0.25, 0.3) is 0 Å². The van der Waals surface area contributed by atoms with Gasteiger partial charge in [-0.25, -0.2) is 4.79 Å². The van der Waals surface area contributed by atoms with E-state index in [4.69, 9.17) is 4.74 Å². The Morgan fingerprint density at radius 2 is 2.12 bits per heavy atom. The van der Waals surface area contributed by atoms with Crippen molar-refractivity contribution in [3.05, 3.63) is 0 Å². The van der Waals surface area contributed by atoms with Crippen molar-refractivity contribution in [3.8, 4) is 0 Å². The molecule has 0 aromatic heterocycles. The molecule has 1 amide bonds. The molecule has 5 heteroatoms. The van der Waals surface area contributed by atoms with Crippen molar-refractivity contribution in [1.29, 1.82) is 0 Å². The molecule has 0 spiro atoms. The van der Waals surface area contributed by atoms with E-state index in [0.29, 0.717) is 13.1 Å². The fourth-order valence-electron chi connectivity index (χ4n) is 2.81. The van der Waals surface area contributed by atoms with Gasteiger partial charge in [0, 0.05) is 18.5 Å². The first kappa shape index (κ1) is 12.6. The summed E-state index contributed by atoms with van der Waals surface area (Å²) in [6.45, 7) is 6.34. The molecule has 2 N–H and O–H groups in total. The first-order valence-corrected chi connectivity index (χ1v) is 6.10. The van der Waals surface area contributed by atoms with Crippen LogP contribution in [0.5, 0.6) is 0 Å². The molecular weight excluding hydrogens is 223 g/mol. The van der Waals surface area contributed by atoms with Crippen LogP contribution in [-0.2, 0) is 4.74 Å². The second-order valence-corrected chi connectivity index (χ2v) is 6.23. The number of hydrogen-bond acceptors (Lipinski definition) is 3. The van der Waals surface area contributed by atoms with Crippen molar-refractivity contribution >= 4 is 6.09 Å². The SMILES string of the molecule is CC(C)(C)OC(=O)N[C@@]12CC[C@]1(CF)CNC2. The molecule has 1 heterocycles. The normalized spacial score (nSPS) is 36.0. The minimum atomic E-state index is -0.519. The van der Waals surface area contributed by atoms with Crippen molar-refractivity contribution in [1.82, 2.24) is 10.6 Å². The van der Waals surface area contributed by atoms with Gasteiger partial charge in [0.1, 0.15) is 5.60 Å². The minimum Gasteiger partial charge on any atom is -0.444 e. The Kier molecular flexibility index (Phi) is 2.84. The summed E-state index contributed by atoms with van der Waals surface area (Å²) in [6.07, 6.45) is 1.20. The van der Waals surface area contributed by atoms with E-state index in [2.05, 4.69) is 10.6 Å². The summed E-state index contributed by atoms with van der Waals surface area (Å²) in [5.41, 5.74) is -1.37. The van der Waals surface area contributed by atoms with Crippen LogP contribution in [-0.4, -0.2) is 37.0 Å². The van der Waals surface area contributed by atoms with Gasteiger partial charge in [0.2, 0.25) is 0 Å². The van der Waals surface area contributed by atoms with Crippen LogP contribution in [0.2, 0.25) is 0 Å². The molecule has 1 aliphatic heterocycles. The fraction of sp³-hybridized carbons (Fsp3) is 0.917. The molecule has 1 saturated carbocycles. The van der Waals surface area contributed by atoms with Crippen LogP contribution in [0, 0.1) is 5.41 Å². The maximum atomic E-state index is 13.2. The summed E-state index contributed by atoms with van der Waals surface area (Å²) in [6, 6.07) is 0. The molecule has 2 atom stereocenters. The molecular formula is C12H21FN2O2. The Balaban J connectivity index is 2.01. The van der Waals surface area contributed by atoms with E-state index in [1.807, 2.05) is 20.8 Å². The number of carbonyl (C=O) groups is 1. The van der Waals surface area contributed by atoms with E-state index in [1.165, 1.54) is 0 Å². The maximum Gasteiger partial charge on any atom is 0.408 e. The first-order chi connectivity index (χ1) is 7.83. The number of alkyl carbamates (subject to hydrolysis) is 1. The average Bonchev–Trinajstić information content (AvgIpc) is 2.39. The number of carbonyl (C=O) groups excluding carboxylic acids is 1. The summed E-state index contributed by atoms with van der Waals surface area (Å²) in [7, 11) is 0. The van der Waals surface area contributed by atoms with Crippen LogP contribution >= 0.6 is 0 Å². The molecule has 0 aromatic rings. The molecule has 0 bridgehead atoms. The molecule has 17 heavy (non-hydrogen) atoms. The topological polar surface area (TPSA) is 50.4 Å². The minimum absolute atomic E-state index is 0.393. The molecule has 2 rings (SSSR count). The predicted octanol–water partition coefficient (Wildman–Crippen LogP) is 1.60. The number of ether oxygens (including phenoxy) is 1. The zero-order chi connectivity index (χ0) is 12.7. The van der Waals surface area contributed by atoms with E-state index >= 15 is 0 Å². The number of nitrogens with one attached hydrogen (secondary N) is 2. The van der Waals surface area contributed by atoms with Crippen LogP contribution in [0.4, 0.5) is 9.18 Å². The molecule has 1 saturated heterocycles. The Hall–Kier alpha value is -0.840. The average molecular weight is 244 g/mol. The fourth-order valence-corrected chi connectivity index (χ4v) is 2.81. The lowest BCUT2D eigenvalue weighted by Crippen LogP contribution is -2.68. The monoisotopic (exact) mass is 244 g/mol. The second kappa shape index (κ2) is 3.83.